The predicted molar refractivity (Wildman–Crippen MR) is 227 cm³/mol. The van der Waals surface area contributed by atoms with Crippen molar-refractivity contribution in [2.24, 2.45) is 11.8 Å². The van der Waals surface area contributed by atoms with Crippen LogP contribution in [0.4, 0.5) is 8.78 Å². The second kappa shape index (κ2) is 19.4. The number of carbonyl (C=O) groups is 2. The van der Waals surface area contributed by atoms with Crippen LogP contribution in [-0.2, 0) is 40.5 Å². The van der Waals surface area contributed by atoms with Gasteiger partial charge in [0.2, 0.25) is 31.9 Å². The fourth-order valence-corrected chi connectivity index (χ4v) is 13.5. The van der Waals surface area contributed by atoms with Crippen molar-refractivity contribution in [1.29, 1.82) is 0 Å². The lowest BCUT2D eigenvalue weighted by molar-refractivity contribution is -0.140. The first-order valence-corrected chi connectivity index (χ1v) is 25.5. The van der Waals surface area contributed by atoms with Crippen LogP contribution < -0.4 is 4.72 Å². The van der Waals surface area contributed by atoms with Gasteiger partial charge in [-0.1, -0.05) is 62.8 Å². The van der Waals surface area contributed by atoms with E-state index in [4.69, 9.17) is 0 Å². The molecule has 14 heteroatoms. The number of likely N-dealkylation sites (tertiary alicyclic amines) is 2. The van der Waals surface area contributed by atoms with E-state index in [0.29, 0.717) is 50.6 Å². The third-order valence-electron chi connectivity index (χ3n) is 14.6. The smallest absolute Gasteiger partial charge is 0.225 e. The third kappa shape index (κ3) is 11.3. The van der Waals surface area contributed by atoms with E-state index in [1.54, 1.807) is 24.3 Å². The second-order valence-corrected chi connectivity index (χ2v) is 22.1. The predicted octanol–water partition coefficient (Wildman–Crippen LogP) is 7.63. The summed E-state index contributed by atoms with van der Waals surface area (Å²) in [5.41, 5.74) is 0.192. The van der Waals surface area contributed by atoms with Gasteiger partial charge >= 0.3 is 0 Å². The van der Waals surface area contributed by atoms with Crippen molar-refractivity contribution in [3.05, 3.63) is 71.3 Å². The summed E-state index contributed by atoms with van der Waals surface area (Å²) in [5.74, 6) is -0.621. The fraction of sp³-hybridized carbons (Fsp3) is 0.689. The Labute approximate surface area is 352 Å². The zero-order chi connectivity index (χ0) is 42.4. The summed E-state index contributed by atoms with van der Waals surface area (Å²) < 4.78 is 85.2. The van der Waals surface area contributed by atoms with Gasteiger partial charge in [0.1, 0.15) is 17.5 Å². The van der Waals surface area contributed by atoms with E-state index in [2.05, 4.69) is 18.6 Å². The molecule has 4 fully saturated rings. The zero-order valence-electron chi connectivity index (χ0n) is 35.3. The van der Waals surface area contributed by atoms with Gasteiger partial charge in [0.15, 0.2) is 0 Å². The van der Waals surface area contributed by atoms with Gasteiger partial charge in [-0.3, -0.25) is 9.59 Å². The van der Waals surface area contributed by atoms with Crippen molar-refractivity contribution in [2.75, 3.05) is 38.3 Å². The van der Waals surface area contributed by atoms with E-state index in [9.17, 15) is 35.2 Å². The Balaban J connectivity index is 1.10. The van der Waals surface area contributed by atoms with Crippen molar-refractivity contribution in [2.45, 2.75) is 146 Å². The number of nitrogens with zero attached hydrogens (tertiary/aromatic N) is 3. The van der Waals surface area contributed by atoms with Crippen LogP contribution in [0.15, 0.2) is 48.5 Å². The number of benzene rings is 2. The Kier molecular flexibility index (Phi) is 15.0. The molecular weight excluding hydrogens is 795 g/mol. The van der Waals surface area contributed by atoms with Crippen LogP contribution in [0.3, 0.4) is 0 Å². The molecule has 6 rings (SSSR count). The summed E-state index contributed by atoms with van der Waals surface area (Å²) in [7, 11) is -8.14. The maximum Gasteiger partial charge on any atom is 0.225 e. The second-order valence-electron chi connectivity index (χ2n) is 18.3. The first-order valence-electron chi connectivity index (χ1n) is 22.0. The summed E-state index contributed by atoms with van der Waals surface area (Å²) >= 11 is 0. The first-order chi connectivity index (χ1) is 28.0. The lowest BCUT2D eigenvalue weighted by Crippen LogP contribution is -2.53. The maximum atomic E-state index is 14.1. The summed E-state index contributed by atoms with van der Waals surface area (Å²) in [6.45, 7) is 5.21. The van der Waals surface area contributed by atoms with E-state index >= 15 is 0 Å². The molecule has 59 heavy (non-hydrogen) atoms. The maximum absolute atomic E-state index is 14.1. The Morgan fingerprint density at radius 1 is 0.695 bits per heavy atom. The molecule has 1 N–H and O–H groups in total. The molecule has 4 atom stereocenters. The van der Waals surface area contributed by atoms with Gasteiger partial charge in [0.25, 0.3) is 0 Å². The molecule has 2 aromatic carbocycles. The summed E-state index contributed by atoms with van der Waals surface area (Å²) in [5, 5.41) is 0. The lowest BCUT2D eigenvalue weighted by Gasteiger charge is -2.46. The molecule has 2 aromatic rings. The number of piperidine rings is 2. The van der Waals surface area contributed by atoms with Crippen LogP contribution in [0.5, 0.6) is 0 Å². The molecule has 0 unspecified atom stereocenters. The van der Waals surface area contributed by atoms with Crippen LogP contribution >= 0.6 is 0 Å². The number of halogens is 2. The summed E-state index contributed by atoms with van der Waals surface area (Å²) in [6.07, 6.45) is 15.2. The van der Waals surface area contributed by atoms with Crippen LogP contribution in [-0.4, -0.2) is 93.2 Å². The van der Waals surface area contributed by atoms with E-state index in [1.165, 1.54) is 49.9 Å². The molecular formula is C45H66F2N4O6S2. The number of nitrogens with one attached hydrogen (secondary N) is 1. The minimum Gasteiger partial charge on any atom is -0.340 e. The fourth-order valence-electron chi connectivity index (χ4n) is 10.9. The molecule has 2 aliphatic carbocycles. The quantitative estimate of drug-likeness (QED) is 0.163. The van der Waals surface area contributed by atoms with Gasteiger partial charge in [-0.15, -0.1) is 0 Å². The molecule has 10 nitrogen and oxygen atoms in total. The first kappa shape index (κ1) is 45.6. The highest BCUT2D eigenvalue weighted by molar-refractivity contribution is 7.92. The van der Waals surface area contributed by atoms with E-state index in [1.807, 2.05) is 9.80 Å². The normalized spacial score (nSPS) is 25.4. The third-order valence-corrected chi connectivity index (χ3v) is 17.3. The molecule has 328 valence electrons. The number of carbonyl (C=O) groups excluding carboxylic acids is 2. The van der Waals surface area contributed by atoms with Gasteiger partial charge in [0.05, 0.1) is 6.26 Å². The SMILES string of the molecule is C[C@@H](C1CCCCC1)N1CC[C@@](CCCNS(=O)(=O)CN(CC[C@]2(c3ccc(F)cc3)CCN([C@@H](C)C3CCCCC3)C(=O)C2)S(C)(=O)=O)(c2ccc(F)cc2)CC1=O. The Morgan fingerprint density at radius 3 is 1.53 bits per heavy atom. The highest BCUT2D eigenvalue weighted by Gasteiger charge is 2.45. The minimum absolute atomic E-state index is 0.0247. The zero-order valence-corrected chi connectivity index (χ0v) is 37.0. The number of hydrogen-bond acceptors (Lipinski definition) is 6. The Morgan fingerprint density at radius 2 is 1.12 bits per heavy atom. The minimum atomic E-state index is -4.14. The number of rotatable bonds is 17. The largest absolute Gasteiger partial charge is 0.340 e. The van der Waals surface area contributed by atoms with Crippen molar-refractivity contribution in [1.82, 2.24) is 18.8 Å². The van der Waals surface area contributed by atoms with Crippen LogP contribution in [0.25, 0.3) is 0 Å². The molecule has 0 radical (unpaired) electrons. The van der Waals surface area contributed by atoms with Gasteiger partial charge in [-0.25, -0.2) is 30.3 Å². The van der Waals surface area contributed by atoms with Crippen LogP contribution in [0.2, 0.25) is 0 Å². The number of amides is 2. The molecule has 2 aliphatic heterocycles. The average molecular weight is 861 g/mol. The summed E-state index contributed by atoms with van der Waals surface area (Å²) in [6, 6.07) is 12.5. The Hall–Kier alpha value is -2.94. The molecule has 2 heterocycles. The van der Waals surface area contributed by atoms with Crippen molar-refractivity contribution in [3.63, 3.8) is 0 Å². The van der Waals surface area contributed by atoms with E-state index in [-0.39, 0.29) is 62.1 Å². The monoisotopic (exact) mass is 860 g/mol. The molecule has 4 aliphatic rings. The van der Waals surface area contributed by atoms with Crippen molar-refractivity contribution >= 4 is 31.9 Å². The van der Waals surface area contributed by atoms with Crippen LogP contribution in [0.1, 0.15) is 134 Å². The number of hydrogen-bond donors (Lipinski definition) is 1. The topological polar surface area (TPSA) is 124 Å². The van der Waals surface area contributed by atoms with E-state index in [0.717, 1.165) is 60.2 Å². The highest BCUT2D eigenvalue weighted by atomic mass is 32.2. The van der Waals surface area contributed by atoms with Gasteiger partial charge < -0.3 is 9.80 Å². The van der Waals surface area contributed by atoms with Crippen molar-refractivity contribution < 1.29 is 35.2 Å². The molecule has 0 bridgehead atoms. The average Bonchev–Trinajstić information content (AvgIpc) is 3.21. The molecule has 0 spiro atoms. The standard InChI is InChI=1S/C45H66F2N4O6S2/c1-34(36-11-6-4-7-12-36)50-29-25-44(31-42(50)52,38-15-19-40(46)20-16-38)23-10-27-48-59(56,57)33-49(58(3,54)55)28-24-45(39-17-21-41(47)22-18-39)26-30-51(43(53)32-45)35(2)37-13-8-5-9-14-37/h15-22,34-37,48H,4-14,23-33H2,1-3H3/t34-,35-,44+,45-/m0/s1. The lowest BCUT2D eigenvalue weighted by atomic mass is 9.69. The Bertz CT molecular complexity index is 1960. The molecule has 2 amide bonds. The van der Waals surface area contributed by atoms with Gasteiger partial charge in [-0.2, -0.15) is 4.31 Å². The molecule has 2 saturated heterocycles. The summed E-state index contributed by atoms with van der Waals surface area (Å²) in [4.78, 5) is 31.7. The van der Waals surface area contributed by atoms with Crippen molar-refractivity contribution in [3.8, 4) is 0 Å². The highest BCUT2D eigenvalue weighted by Crippen LogP contribution is 2.43. The van der Waals surface area contributed by atoms with Gasteiger partial charge in [0, 0.05) is 61.9 Å². The van der Waals surface area contributed by atoms with E-state index < -0.39 is 42.6 Å². The molecule has 0 aromatic heterocycles. The number of sulfonamides is 2. The van der Waals surface area contributed by atoms with Crippen LogP contribution in [0, 0.1) is 23.5 Å². The molecule has 2 saturated carbocycles. The van der Waals surface area contributed by atoms with Gasteiger partial charge in [-0.05, 0) is 119 Å².